The summed E-state index contributed by atoms with van der Waals surface area (Å²) < 4.78 is 30.5. The van der Waals surface area contributed by atoms with Gasteiger partial charge >= 0.3 is 0 Å². The molecular formula is C30H27FN2O4. The number of nitrogens with one attached hydrogen (secondary N) is 1. The predicted octanol–water partition coefficient (Wildman–Crippen LogP) is 6.15. The van der Waals surface area contributed by atoms with Crippen LogP contribution in [0.3, 0.4) is 0 Å². The highest BCUT2D eigenvalue weighted by Crippen LogP contribution is 2.29. The van der Waals surface area contributed by atoms with Crippen LogP contribution >= 0.6 is 0 Å². The molecule has 0 saturated heterocycles. The van der Waals surface area contributed by atoms with Crippen molar-refractivity contribution in [1.29, 1.82) is 0 Å². The molecule has 37 heavy (non-hydrogen) atoms. The summed E-state index contributed by atoms with van der Waals surface area (Å²) in [7, 11) is 0. The highest BCUT2D eigenvalue weighted by atomic mass is 19.1. The van der Waals surface area contributed by atoms with Gasteiger partial charge in [-0.05, 0) is 78.2 Å². The van der Waals surface area contributed by atoms with Gasteiger partial charge in [-0.25, -0.2) is 9.82 Å². The molecule has 1 N–H and O–H groups in total. The van der Waals surface area contributed by atoms with Gasteiger partial charge in [-0.2, -0.15) is 5.10 Å². The van der Waals surface area contributed by atoms with Crippen LogP contribution in [0.1, 0.15) is 34.0 Å². The molecule has 0 aliphatic rings. The number of benzene rings is 4. The average Bonchev–Trinajstić information content (AvgIpc) is 2.92. The van der Waals surface area contributed by atoms with Gasteiger partial charge in [0.1, 0.15) is 24.8 Å². The third-order valence-corrected chi connectivity index (χ3v) is 5.30. The average molecular weight is 499 g/mol. The molecule has 0 bridgehead atoms. The summed E-state index contributed by atoms with van der Waals surface area (Å²) in [4.78, 5) is 12.6. The fourth-order valence-electron chi connectivity index (χ4n) is 3.45. The summed E-state index contributed by atoms with van der Waals surface area (Å²) in [5.74, 6) is 1.02. The molecule has 0 atom stereocenters. The van der Waals surface area contributed by atoms with E-state index in [9.17, 15) is 9.18 Å². The van der Waals surface area contributed by atoms with Gasteiger partial charge in [0.2, 0.25) is 0 Å². The van der Waals surface area contributed by atoms with Crippen LogP contribution < -0.4 is 19.6 Å². The number of hydrogen-bond donors (Lipinski definition) is 1. The van der Waals surface area contributed by atoms with Crippen molar-refractivity contribution in [3.63, 3.8) is 0 Å². The van der Waals surface area contributed by atoms with E-state index >= 15 is 0 Å². The van der Waals surface area contributed by atoms with E-state index in [0.717, 1.165) is 16.7 Å². The maximum Gasteiger partial charge on any atom is 0.271 e. The van der Waals surface area contributed by atoms with Gasteiger partial charge in [-0.15, -0.1) is 0 Å². The van der Waals surface area contributed by atoms with E-state index in [2.05, 4.69) is 10.5 Å². The fourth-order valence-corrected chi connectivity index (χ4v) is 3.45. The molecule has 4 aromatic carbocycles. The maximum atomic E-state index is 13.3. The van der Waals surface area contributed by atoms with Crippen molar-refractivity contribution in [2.75, 3.05) is 6.61 Å². The summed E-state index contributed by atoms with van der Waals surface area (Å²) in [6.07, 6.45) is 1.54. The molecule has 0 radical (unpaired) electrons. The topological polar surface area (TPSA) is 69.2 Å². The minimum absolute atomic E-state index is 0.265. The third-order valence-electron chi connectivity index (χ3n) is 5.30. The maximum absolute atomic E-state index is 13.3. The molecule has 0 aliphatic heterocycles. The van der Waals surface area contributed by atoms with E-state index in [1.807, 2.05) is 49.4 Å². The van der Waals surface area contributed by atoms with E-state index in [-0.39, 0.29) is 18.3 Å². The Kier molecular flexibility index (Phi) is 8.86. The Hall–Kier alpha value is -4.65. The first kappa shape index (κ1) is 25.4. The zero-order chi connectivity index (χ0) is 25.9. The molecule has 4 rings (SSSR count). The van der Waals surface area contributed by atoms with Gasteiger partial charge in [0, 0.05) is 5.56 Å². The van der Waals surface area contributed by atoms with Gasteiger partial charge < -0.3 is 14.2 Å². The molecule has 1 amide bonds. The lowest BCUT2D eigenvalue weighted by atomic mass is 10.2. The molecule has 0 aromatic heterocycles. The van der Waals surface area contributed by atoms with E-state index in [1.165, 1.54) is 18.3 Å². The van der Waals surface area contributed by atoms with Crippen molar-refractivity contribution in [2.45, 2.75) is 20.1 Å². The summed E-state index contributed by atoms with van der Waals surface area (Å²) in [5.41, 5.74) is 5.48. The van der Waals surface area contributed by atoms with Gasteiger partial charge in [0.05, 0.1) is 12.8 Å². The normalized spacial score (nSPS) is 10.8. The highest BCUT2D eigenvalue weighted by molar-refractivity contribution is 5.95. The largest absolute Gasteiger partial charge is 0.490 e. The number of hydrazone groups is 1. The predicted molar refractivity (Wildman–Crippen MR) is 141 cm³/mol. The second kappa shape index (κ2) is 12.9. The summed E-state index contributed by atoms with van der Waals surface area (Å²) >= 11 is 0. The Morgan fingerprint density at radius 2 is 1.57 bits per heavy atom. The zero-order valence-corrected chi connectivity index (χ0v) is 20.4. The first-order chi connectivity index (χ1) is 18.1. The van der Waals surface area contributed by atoms with Gasteiger partial charge in [-0.1, -0.05) is 42.5 Å². The van der Waals surface area contributed by atoms with Crippen molar-refractivity contribution in [3.05, 3.63) is 125 Å². The van der Waals surface area contributed by atoms with Gasteiger partial charge in [0.25, 0.3) is 5.91 Å². The molecule has 0 heterocycles. The SMILES string of the molecule is CCOc1cc(C(=O)N/N=C/c2ccc(OCc3cccc(F)c3)cc2)ccc1OCc1ccccc1. The van der Waals surface area contributed by atoms with E-state index in [1.54, 1.807) is 42.5 Å². The van der Waals surface area contributed by atoms with Crippen molar-refractivity contribution in [2.24, 2.45) is 5.10 Å². The number of amides is 1. The molecule has 0 saturated carbocycles. The smallest absolute Gasteiger partial charge is 0.271 e. The minimum atomic E-state index is -0.373. The van der Waals surface area contributed by atoms with Crippen LogP contribution in [0.25, 0.3) is 0 Å². The lowest BCUT2D eigenvalue weighted by Crippen LogP contribution is -2.17. The minimum Gasteiger partial charge on any atom is -0.490 e. The van der Waals surface area contributed by atoms with Crippen LogP contribution in [0.15, 0.2) is 102 Å². The highest BCUT2D eigenvalue weighted by Gasteiger charge is 2.12. The Labute approximate surface area is 215 Å². The number of carbonyl (C=O) groups excluding carboxylic acids is 1. The van der Waals surface area contributed by atoms with E-state index < -0.39 is 0 Å². The van der Waals surface area contributed by atoms with Gasteiger partial charge in [0.15, 0.2) is 11.5 Å². The molecule has 0 fully saturated rings. The monoisotopic (exact) mass is 498 g/mol. The Morgan fingerprint density at radius 1 is 0.811 bits per heavy atom. The van der Waals surface area contributed by atoms with E-state index in [4.69, 9.17) is 14.2 Å². The molecule has 0 unspecified atom stereocenters. The molecule has 0 spiro atoms. The fraction of sp³-hybridized carbons (Fsp3) is 0.133. The number of hydrogen-bond acceptors (Lipinski definition) is 5. The molecule has 4 aromatic rings. The summed E-state index contributed by atoms with van der Waals surface area (Å²) in [6.45, 7) is 2.97. The van der Waals surface area contributed by atoms with Crippen molar-refractivity contribution < 1.29 is 23.4 Å². The van der Waals surface area contributed by atoms with E-state index in [0.29, 0.717) is 36.0 Å². The van der Waals surface area contributed by atoms with Crippen LogP contribution in [-0.2, 0) is 13.2 Å². The van der Waals surface area contributed by atoms with Crippen LogP contribution in [-0.4, -0.2) is 18.7 Å². The summed E-state index contributed by atoms with van der Waals surface area (Å²) in [5, 5.41) is 4.05. The van der Waals surface area contributed by atoms with Crippen molar-refractivity contribution in [3.8, 4) is 17.2 Å². The molecule has 7 heteroatoms. The Bertz CT molecular complexity index is 1340. The molecule has 6 nitrogen and oxygen atoms in total. The lowest BCUT2D eigenvalue weighted by molar-refractivity contribution is 0.0954. The standard InChI is InChI=1S/C30H27FN2O4/c1-2-35-29-18-25(13-16-28(29)37-20-23-7-4-3-5-8-23)30(34)33-32-19-22-11-14-27(15-12-22)36-21-24-9-6-10-26(31)17-24/h3-19H,2,20-21H2,1H3,(H,33,34)/b32-19+. The number of rotatable bonds is 11. The van der Waals surface area contributed by atoms with Crippen LogP contribution in [0.4, 0.5) is 4.39 Å². The van der Waals surface area contributed by atoms with Crippen LogP contribution in [0.5, 0.6) is 17.2 Å². The van der Waals surface area contributed by atoms with Crippen LogP contribution in [0.2, 0.25) is 0 Å². The number of carbonyl (C=O) groups is 1. The first-order valence-corrected chi connectivity index (χ1v) is 11.8. The third kappa shape index (κ3) is 7.67. The quantitative estimate of drug-likeness (QED) is 0.199. The molecule has 188 valence electrons. The van der Waals surface area contributed by atoms with Gasteiger partial charge in [-0.3, -0.25) is 4.79 Å². The van der Waals surface area contributed by atoms with Crippen molar-refractivity contribution in [1.82, 2.24) is 5.43 Å². The Balaban J connectivity index is 1.31. The number of ether oxygens (including phenoxy) is 3. The Morgan fingerprint density at radius 3 is 2.32 bits per heavy atom. The number of halogens is 1. The van der Waals surface area contributed by atoms with Crippen LogP contribution in [0, 0.1) is 5.82 Å². The first-order valence-electron chi connectivity index (χ1n) is 11.8. The zero-order valence-electron chi connectivity index (χ0n) is 20.4. The molecular weight excluding hydrogens is 471 g/mol. The second-order valence-electron chi connectivity index (χ2n) is 8.06. The second-order valence-corrected chi connectivity index (χ2v) is 8.06. The van der Waals surface area contributed by atoms with Crippen molar-refractivity contribution >= 4 is 12.1 Å². The lowest BCUT2D eigenvalue weighted by Gasteiger charge is -2.13. The molecule has 0 aliphatic carbocycles. The number of nitrogens with zero attached hydrogens (tertiary/aromatic N) is 1. The summed E-state index contributed by atoms with van der Waals surface area (Å²) in [6, 6.07) is 28.3.